The van der Waals surface area contributed by atoms with Crippen LogP contribution in [0, 0.1) is 5.82 Å². The van der Waals surface area contributed by atoms with Crippen LogP contribution in [0.3, 0.4) is 0 Å². The molecule has 0 aliphatic heterocycles. The Morgan fingerprint density at radius 3 is 2.29 bits per heavy atom. The molecule has 0 fully saturated rings. The van der Waals surface area contributed by atoms with Gasteiger partial charge in [0.1, 0.15) is 5.82 Å². The van der Waals surface area contributed by atoms with Crippen LogP contribution in [0.2, 0.25) is 5.02 Å². The normalized spacial score (nSPS) is 11.1. The van der Waals surface area contributed by atoms with Gasteiger partial charge in [0, 0.05) is 17.6 Å². The third-order valence-electron chi connectivity index (χ3n) is 4.07. The molecule has 1 amide bonds. The molecule has 0 unspecified atom stereocenters. The monoisotopic (exact) mass is 418 g/mol. The molecule has 5 nitrogen and oxygen atoms in total. The summed E-state index contributed by atoms with van der Waals surface area (Å²) in [6.45, 7) is 0. The molecule has 0 spiro atoms. The molecule has 0 aliphatic carbocycles. The Labute approximate surface area is 167 Å². The maximum Gasteiger partial charge on any atom is 0.264 e. The molecule has 144 valence electrons. The standard InChI is InChI=1S/C20H16ClFN2O3S/c1-24(16-5-3-2-4-6-16)28(26,27)17-10-7-14(8-11-17)20(25)23-19-13-15(21)9-12-18(19)22/h2-13H,1H3,(H,23,25). The number of sulfonamides is 1. The van der Waals surface area contributed by atoms with E-state index in [0.717, 1.165) is 10.4 Å². The molecule has 0 atom stereocenters. The second kappa shape index (κ2) is 8.00. The first-order valence-electron chi connectivity index (χ1n) is 8.19. The molecule has 0 aliphatic rings. The van der Waals surface area contributed by atoms with Crippen molar-refractivity contribution < 1.29 is 17.6 Å². The zero-order chi connectivity index (χ0) is 20.3. The number of amides is 1. The van der Waals surface area contributed by atoms with Crippen LogP contribution < -0.4 is 9.62 Å². The number of hydrogen-bond donors (Lipinski definition) is 1. The van der Waals surface area contributed by atoms with E-state index in [9.17, 15) is 17.6 Å². The van der Waals surface area contributed by atoms with E-state index >= 15 is 0 Å². The van der Waals surface area contributed by atoms with Crippen LogP contribution in [0.15, 0.2) is 77.7 Å². The predicted octanol–water partition coefficient (Wildman–Crippen LogP) is 4.56. The molecule has 0 bridgehead atoms. The lowest BCUT2D eigenvalue weighted by atomic mass is 10.2. The number of rotatable bonds is 5. The molecule has 0 saturated carbocycles. The molecule has 1 N–H and O–H groups in total. The number of hydrogen-bond acceptors (Lipinski definition) is 3. The number of nitrogens with one attached hydrogen (secondary N) is 1. The van der Waals surface area contributed by atoms with Gasteiger partial charge in [-0.25, -0.2) is 12.8 Å². The van der Waals surface area contributed by atoms with Crippen molar-refractivity contribution in [2.75, 3.05) is 16.7 Å². The number of carbonyl (C=O) groups excluding carboxylic acids is 1. The highest BCUT2D eigenvalue weighted by atomic mass is 35.5. The third kappa shape index (κ3) is 4.16. The molecular formula is C20H16ClFN2O3S. The van der Waals surface area contributed by atoms with Crippen molar-refractivity contribution in [2.24, 2.45) is 0 Å². The van der Waals surface area contributed by atoms with Crippen LogP contribution in [0.5, 0.6) is 0 Å². The SMILES string of the molecule is CN(c1ccccc1)S(=O)(=O)c1ccc(C(=O)Nc2cc(Cl)ccc2F)cc1. The van der Waals surface area contributed by atoms with Crippen molar-refractivity contribution >= 4 is 38.9 Å². The lowest BCUT2D eigenvalue weighted by Gasteiger charge is -2.19. The molecule has 28 heavy (non-hydrogen) atoms. The minimum atomic E-state index is -3.78. The minimum absolute atomic E-state index is 0.0318. The summed E-state index contributed by atoms with van der Waals surface area (Å²) < 4.78 is 40.4. The summed E-state index contributed by atoms with van der Waals surface area (Å²) in [5.41, 5.74) is 0.638. The first-order chi connectivity index (χ1) is 13.3. The maximum absolute atomic E-state index is 13.8. The van der Waals surface area contributed by atoms with Gasteiger partial charge in [-0.1, -0.05) is 29.8 Å². The zero-order valence-electron chi connectivity index (χ0n) is 14.8. The minimum Gasteiger partial charge on any atom is -0.319 e. The topological polar surface area (TPSA) is 66.5 Å². The van der Waals surface area contributed by atoms with Gasteiger partial charge in [-0.2, -0.15) is 0 Å². The molecule has 3 rings (SSSR count). The fraction of sp³-hybridized carbons (Fsp3) is 0.0500. The molecule has 3 aromatic carbocycles. The summed E-state index contributed by atoms with van der Waals surface area (Å²) in [7, 11) is -2.33. The van der Waals surface area contributed by atoms with Crippen LogP contribution in [-0.2, 0) is 10.0 Å². The predicted molar refractivity (Wildman–Crippen MR) is 108 cm³/mol. The number of benzene rings is 3. The lowest BCUT2D eigenvalue weighted by molar-refractivity contribution is 0.102. The van der Waals surface area contributed by atoms with Gasteiger partial charge in [0.15, 0.2) is 0 Å². The van der Waals surface area contributed by atoms with Crippen molar-refractivity contribution in [1.82, 2.24) is 0 Å². The van der Waals surface area contributed by atoms with Gasteiger partial charge < -0.3 is 5.32 Å². The summed E-state index contributed by atoms with van der Waals surface area (Å²) in [4.78, 5) is 12.3. The second-order valence-corrected chi connectivity index (χ2v) is 8.32. The van der Waals surface area contributed by atoms with E-state index in [-0.39, 0.29) is 21.2 Å². The van der Waals surface area contributed by atoms with E-state index in [4.69, 9.17) is 11.6 Å². The highest BCUT2D eigenvalue weighted by Crippen LogP contribution is 2.23. The van der Waals surface area contributed by atoms with Crippen molar-refractivity contribution in [2.45, 2.75) is 4.90 Å². The number of halogens is 2. The van der Waals surface area contributed by atoms with Gasteiger partial charge >= 0.3 is 0 Å². The van der Waals surface area contributed by atoms with E-state index in [1.807, 2.05) is 0 Å². The van der Waals surface area contributed by atoms with Crippen LogP contribution in [-0.4, -0.2) is 21.4 Å². The molecule has 0 heterocycles. The molecule has 0 radical (unpaired) electrons. The van der Waals surface area contributed by atoms with E-state index in [2.05, 4.69) is 5.32 Å². The van der Waals surface area contributed by atoms with Crippen molar-refractivity contribution in [1.29, 1.82) is 0 Å². The van der Waals surface area contributed by atoms with Crippen LogP contribution >= 0.6 is 11.6 Å². The first-order valence-corrected chi connectivity index (χ1v) is 10.0. The zero-order valence-corrected chi connectivity index (χ0v) is 16.3. The van der Waals surface area contributed by atoms with Gasteiger partial charge in [-0.3, -0.25) is 9.10 Å². The average molecular weight is 419 g/mol. The smallest absolute Gasteiger partial charge is 0.264 e. The van der Waals surface area contributed by atoms with E-state index in [0.29, 0.717) is 5.69 Å². The number of para-hydroxylation sites is 1. The van der Waals surface area contributed by atoms with Crippen LogP contribution in [0.4, 0.5) is 15.8 Å². The van der Waals surface area contributed by atoms with Crippen molar-refractivity contribution in [3.05, 3.63) is 89.2 Å². The quantitative estimate of drug-likeness (QED) is 0.660. The third-order valence-corrected chi connectivity index (χ3v) is 6.11. The first kappa shape index (κ1) is 19.9. The van der Waals surface area contributed by atoms with Crippen LogP contribution in [0.25, 0.3) is 0 Å². The fourth-order valence-electron chi connectivity index (χ4n) is 2.50. The number of anilines is 2. The molecule has 0 aromatic heterocycles. The average Bonchev–Trinajstić information content (AvgIpc) is 2.71. The van der Waals surface area contributed by atoms with Gasteiger partial charge in [0.2, 0.25) is 0 Å². The molecular weight excluding hydrogens is 403 g/mol. The lowest BCUT2D eigenvalue weighted by Crippen LogP contribution is -2.26. The highest BCUT2D eigenvalue weighted by molar-refractivity contribution is 7.92. The summed E-state index contributed by atoms with van der Waals surface area (Å²) in [5, 5.41) is 2.70. The Morgan fingerprint density at radius 1 is 1.00 bits per heavy atom. The maximum atomic E-state index is 13.8. The van der Waals surface area contributed by atoms with Gasteiger partial charge in [-0.05, 0) is 54.6 Å². The van der Waals surface area contributed by atoms with Crippen molar-refractivity contribution in [3.63, 3.8) is 0 Å². The van der Waals surface area contributed by atoms with Gasteiger partial charge in [0.25, 0.3) is 15.9 Å². The van der Waals surface area contributed by atoms with E-state index in [1.54, 1.807) is 30.3 Å². The Kier molecular flexibility index (Phi) is 5.67. The largest absolute Gasteiger partial charge is 0.319 e. The Balaban J connectivity index is 1.81. The van der Waals surface area contributed by atoms with Gasteiger partial charge in [0.05, 0.1) is 16.3 Å². The molecule has 0 saturated heterocycles. The fourth-order valence-corrected chi connectivity index (χ4v) is 3.87. The number of carbonyl (C=O) groups is 1. The summed E-state index contributed by atoms with van der Waals surface area (Å²) >= 11 is 5.81. The Morgan fingerprint density at radius 2 is 1.64 bits per heavy atom. The molecule has 3 aromatic rings. The van der Waals surface area contributed by atoms with E-state index < -0.39 is 21.7 Å². The van der Waals surface area contributed by atoms with Gasteiger partial charge in [-0.15, -0.1) is 0 Å². The summed E-state index contributed by atoms with van der Waals surface area (Å²) in [6, 6.07) is 17.8. The Hall–Kier alpha value is -2.90. The summed E-state index contributed by atoms with van der Waals surface area (Å²) in [5.74, 6) is -1.21. The Bertz CT molecular complexity index is 1100. The highest BCUT2D eigenvalue weighted by Gasteiger charge is 2.21. The molecule has 8 heteroatoms. The summed E-state index contributed by atoms with van der Waals surface area (Å²) in [6.07, 6.45) is 0. The second-order valence-electron chi connectivity index (χ2n) is 5.91. The van der Waals surface area contributed by atoms with Crippen molar-refractivity contribution in [3.8, 4) is 0 Å². The number of nitrogens with zero attached hydrogens (tertiary/aromatic N) is 1. The van der Waals surface area contributed by atoms with E-state index in [1.165, 1.54) is 43.4 Å². The van der Waals surface area contributed by atoms with Crippen LogP contribution in [0.1, 0.15) is 10.4 Å².